The molecule has 0 aliphatic rings. The standard InChI is InChI=1S/C18H13FN2O5/c19-10-4-6-11(7-5-10)26-14-3-1-2-12-13(14)8-20-16(17(12)24)18(25)21-9-15(22)23/h1-8,24H,9H2,(H,21,25)(H,22,23). The van der Waals surface area contributed by atoms with Crippen LogP contribution in [0.2, 0.25) is 0 Å². The number of carbonyl (C=O) groups is 2. The third kappa shape index (κ3) is 3.54. The molecule has 1 aromatic heterocycles. The van der Waals surface area contributed by atoms with Gasteiger partial charge >= 0.3 is 5.97 Å². The van der Waals surface area contributed by atoms with E-state index in [-0.39, 0.29) is 5.69 Å². The van der Waals surface area contributed by atoms with Crippen molar-refractivity contribution in [3.05, 3.63) is 60.2 Å². The summed E-state index contributed by atoms with van der Waals surface area (Å²) in [6, 6.07) is 10.2. The molecule has 26 heavy (non-hydrogen) atoms. The van der Waals surface area contributed by atoms with Crippen LogP contribution in [0.3, 0.4) is 0 Å². The van der Waals surface area contributed by atoms with Gasteiger partial charge in [-0.25, -0.2) is 9.37 Å². The Morgan fingerprint density at radius 1 is 1.12 bits per heavy atom. The van der Waals surface area contributed by atoms with E-state index in [2.05, 4.69) is 10.3 Å². The molecule has 0 fully saturated rings. The van der Waals surface area contributed by atoms with Gasteiger partial charge in [0.25, 0.3) is 5.91 Å². The minimum Gasteiger partial charge on any atom is -0.505 e. The van der Waals surface area contributed by atoms with Crippen LogP contribution in [0, 0.1) is 5.82 Å². The van der Waals surface area contributed by atoms with Crippen LogP contribution < -0.4 is 10.1 Å². The van der Waals surface area contributed by atoms with Crippen molar-refractivity contribution in [3.8, 4) is 17.2 Å². The summed E-state index contributed by atoms with van der Waals surface area (Å²) >= 11 is 0. The first-order chi connectivity index (χ1) is 12.5. The Morgan fingerprint density at radius 2 is 1.85 bits per heavy atom. The summed E-state index contributed by atoms with van der Waals surface area (Å²) in [5, 5.41) is 21.8. The summed E-state index contributed by atoms with van der Waals surface area (Å²) in [7, 11) is 0. The fourth-order valence-electron chi connectivity index (χ4n) is 2.33. The first-order valence-electron chi connectivity index (χ1n) is 7.50. The molecule has 1 amide bonds. The molecule has 7 nitrogen and oxygen atoms in total. The van der Waals surface area contributed by atoms with Crippen LogP contribution in [0.25, 0.3) is 10.8 Å². The Balaban J connectivity index is 1.95. The van der Waals surface area contributed by atoms with E-state index in [1.807, 2.05) is 0 Å². The van der Waals surface area contributed by atoms with E-state index in [1.54, 1.807) is 18.2 Å². The van der Waals surface area contributed by atoms with Gasteiger partial charge < -0.3 is 20.3 Å². The maximum Gasteiger partial charge on any atom is 0.322 e. The first kappa shape index (κ1) is 17.2. The summed E-state index contributed by atoms with van der Waals surface area (Å²) in [6.45, 7) is -0.592. The highest BCUT2D eigenvalue weighted by atomic mass is 19.1. The van der Waals surface area contributed by atoms with Crippen LogP contribution in [0.5, 0.6) is 17.2 Å². The fraction of sp³-hybridized carbons (Fsp3) is 0.0556. The van der Waals surface area contributed by atoms with Gasteiger partial charge in [0.05, 0.1) is 0 Å². The van der Waals surface area contributed by atoms with E-state index in [9.17, 15) is 19.1 Å². The molecule has 0 spiro atoms. The fourth-order valence-corrected chi connectivity index (χ4v) is 2.33. The molecule has 0 radical (unpaired) electrons. The van der Waals surface area contributed by atoms with Gasteiger partial charge in [-0.3, -0.25) is 9.59 Å². The number of benzene rings is 2. The maximum atomic E-state index is 13.0. The van der Waals surface area contributed by atoms with Crippen molar-refractivity contribution in [2.24, 2.45) is 0 Å². The lowest BCUT2D eigenvalue weighted by molar-refractivity contribution is -0.135. The van der Waals surface area contributed by atoms with E-state index in [4.69, 9.17) is 9.84 Å². The molecule has 1 heterocycles. The maximum absolute atomic E-state index is 13.0. The topological polar surface area (TPSA) is 109 Å². The second-order valence-electron chi connectivity index (χ2n) is 5.31. The molecule has 3 N–H and O–H groups in total. The van der Waals surface area contributed by atoms with Crippen LogP contribution in [-0.4, -0.2) is 33.6 Å². The predicted molar refractivity (Wildman–Crippen MR) is 89.9 cm³/mol. The highest BCUT2D eigenvalue weighted by Crippen LogP contribution is 2.35. The molecule has 8 heteroatoms. The Morgan fingerprint density at radius 3 is 2.54 bits per heavy atom. The minimum absolute atomic E-state index is 0.294. The number of aromatic nitrogens is 1. The lowest BCUT2D eigenvalue weighted by Gasteiger charge is -2.11. The van der Waals surface area contributed by atoms with Crippen molar-refractivity contribution < 1.29 is 28.9 Å². The van der Waals surface area contributed by atoms with Gasteiger partial charge in [-0.15, -0.1) is 0 Å². The zero-order valence-corrected chi connectivity index (χ0v) is 13.3. The lowest BCUT2D eigenvalue weighted by Crippen LogP contribution is -2.29. The average molecular weight is 356 g/mol. The number of carboxylic acids is 1. The third-order valence-electron chi connectivity index (χ3n) is 3.52. The van der Waals surface area contributed by atoms with E-state index in [1.165, 1.54) is 30.5 Å². The number of ether oxygens (including phenoxy) is 1. The zero-order chi connectivity index (χ0) is 18.7. The molecule has 0 saturated carbocycles. The van der Waals surface area contributed by atoms with Crippen LogP contribution in [0.1, 0.15) is 10.5 Å². The number of pyridine rings is 1. The number of aromatic hydroxyl groups is 1. The molecule has 0 aliphatic heterocycles. The van der Waals surface area contributed by atoms with E-state index >= 15 is 0 Å². The molecular formula is C18H13FN2O5. The number of carbonyl (C=O) groups excluding carboxylic acids is 1. The number of halogens is 1. The zero-order valence-electron chi connectivity index (χ0n) is 13.3. The smallest absolute Gasteiger partial charge is 0.322 e. The summed E-state index contributed by atoms with van der Waals surface area (Å²) in [5.74, 6) is -2.07. The Hall–Kier alpha value is -3.68. The number of nitrogens with zero attached hydrogens (tertiary/aromatic N) is 1. The van der Waals surface area contributed by atoms with Crippen molar-refractivity contribution in [1.29, 1.82) is 0 Å². The number of fused-ring (bicyclic) bond motifs is 1. The van der Waals surface area contributed by atoms with Crippen molar-refractivity contribution in [1.82, 2.24) is 10.3 Å². The van der Waals surface area contributed by atoms with E-state index in [0.717, 1.165) is 0 Å². The highest BCUT2D eigenvalue weighted by Gasteiger charge is 2.18. The van der Waals surface area contributed by atoms with Gasteiger partial charge in [0.2, 0.25) is 0 Å². The molecule has 3 aromatic rings. The van der Waals surface area contributed by atoms with Crippen molar-refractivity contribution in [2.45, 2.75) is 0 Å². The molecule has 0 bridgehead atoms. The normalized spacial score (nSPS) is 10.5. The Labute approximate surface area is 146 Å². The summed E-state index contributed by atoms with van der Waals surface area (Å²) in [4.78, 5) is 26.4. The predicted octanol–water partition coefficient (Wildman–Crippen LogP) is 2.69. The van der Waals surface area contributed by atoms with Crippen LogP contribution in [-0.2, 0) is 4.79 Å². The second kappa shape index (κ2) is 7.06. The number of carboxylic acid groups (broad SMARTS) is 1. The van der Waals surface area contributed by atoms with Gasteiger partial charge in [0.15, 0.2) is 11.4 Å². The largest absolute Gasteiger partial charge is 0.505 e. The Kier molecular flexibility index (Phi) is 4.66. The van der Waals surface area contributed by atoms with Gasteiger partial charge in [-0.05, 0) is 30.3 Å². The monoisotopic (exact) mass is 356 g/mol. The number of hydrogen-bond acceptors (Lipinski definition) is 5. The molecular weight excluding hydrogens is 343 g/mol. The second-order valence-corrected chi connectivity index (χ2v) is 5.31. The molecule has 0 unspecified atom stereocenters. The van der Waals surface area contributed by atoms with Gasteiger partial charge in [-0.1, -0.05) is 12.1 Å². The molecule has 132 valence electrons. The summed E-state index contributed by atoms with van der Waals surface area (Å²) in [5.41, 5.74) is -0.294. The molecule has 3 rings (SSSR count). The van der Waals surface area contributed by atoms with Crippen molar-refractivity contribution >= 4 is 22.6 Å². The SMILES string of the molecule is O=C(O)CNC(=O)c1ncc2c(Oc3ccc(F)cc3)cccc2c1O. The molecule has 0 atom stereocenters. The minimum atomic E-state index is -1.21. The number of rotatable bonds is 5. The van der Waals surface area contributed by atoms with Crippen LogP contribution >= 0.6 is 0 Å². The van der Waals surface area contributed by atoms with E-state index < -0.39 is 30.0 Å². The first-order valence-corrected chi connectivity index (χ1v) is 7.50. The molecule has 0 saturated heterocycles. The summed E-state index contributed by atoms with van der Waals surface area (Å²) < 4.78 is 18.7. The van der Waals surface area contributed by atoms with Gasteiger partial charge in [-0.2, -0.15) is 0 Å². The third-order valence-corrected chi connectivity index (χ3v) is 3.52. The number of hydrogen-bond donors (Lipinski definition) is 3. The lowest BCUT2D eigenvalue weighted by atomic mass is 10.1. The van der Waals surface area contributed by atoms with Gasteiger partial charge in [0.1, 0.15) is 23.9 Å². The molecule has 2 aromatic carbocycles. The van der Waals surface area contributed by atoms with Crippen LogP contribution in [0.15, 0.2) is 48.7 Å². The van der Waals surface area contributed by atoms with Crippen LogP contribution in [0.4, 0.5) is 4.39 Å². The highest BCUT2D eigenvalue weighted by molar-refractivity contribution is 6.03. The van der Waals surface area contributed by atoms with Crippen molar-refractivity contribution in [3.63, 3.8) is 0 Å². The van der Waals surface area contributed by atoms with E-state index in [0.29, 0.717) is 22.3 Å². The average Bonchev–Trinajstić information content (AvgIpc) is 2.62. The van der Waals surface area contributed by atoms with Gasteiger partial charge in [0, 0.05) is 17.0 Å². The van der Waals surface area contributed by atoms with Crippen molar-refractivity contribution in [2.75, 3.05) is 6.54 Å². The Bertz CT molecular complexity index is 989. The number of aliphatic carboxylic acids is 1. The number of amides is 1. The number of nitrogens with one attached hydrogen (secondary N) is 1. The summed E-state index contributed by atoms with van der Waals surface area (Å²) in [6.07, 6.45) is 1.34. The quantitative estimate of drug-likeness (QED) is 0.649. The molecule has 0 aliphatic carbocycles.